The summed E-state index contributed by atoms with van der Waals surface area (Å²) in [6.07, 6.45) is 6.60. The lowest BCUT2D eigenvalue weighted by molar-refractivity contribution is -0.678. The number of nitrogens with zero attached hydrogens (tertiary/aromatic N) is 2. The molecule has 0 aliphatic heterocycles. The van der Waals surface area contributed by atoms with E-state index in [2.05, 4.69) is 42.4 Å². The van der Waals surface area contributed by atoms with Crippen molar-refractivity contribution in [2.24, 2.45) is 7.05 Å². The zero-order valence-electron chi connectivity index (χ0n) is 9.76. The molecule has 0 unspecified atom stereocenters. The van der Waals surface area contributed by atoms with E-state index in [0.717, 1.165) is 13.0 Å². The highest BCUT2D eigenvalue weighted by molar-refractivity contribution is 6.50. The van der Waals surface area contributed by atoms with E-state index in [9.17, 15) is 17.3 Å². The van der Waals surface area contributed by atoms with Crippen LogP contribution in [0.3, 0.4) is 0 Å². The Labute approximate surface area is 93.0 Å². The summed E-state index contributed by atoms with van der Waals surface area (Å²) >= 11 is 0. The van der Waals surface area contributed by atoms with Gasteiger partial charge < -0.3 is 17.3 Å². The van der Waals surface area contributed by atoms with E-state index in [1.54, 1.807) is 0 Å². The average molecular weight is 240 g/mol. The number of rotatable bonds is 3. The first-order valence-electron chi connectivity index (χ1n) is 5.20. The van der Waals surface area contributed by atoms with Crippen molar-refractivity contribution in [2.45, 2.75) is 33.2 Å². The Bertz CT molecular complexity index is 303. The molecule has 94 valence electrons. The van der Waals surface area contributed by atoms with Gasteiger partial charge in [-0.3, -0.25) is 0 Å². The highest BCUT2D eigenvalue weighted by Gasteiger charge is 2.20. The second-order valence-electron chi connectivity index (χ2n) is 3.37. The van der Waals surface area contributed by atoms with Gasteiger partial charge in [-0.25, -0.2) is 9.13 Å². The van der Waals surface area contributed by atoms with Crippen molar-refractivity contribution in [1.82, 2.24) is 4.57 Å². The van der Waals surface area contributed by atoms with E-state index >= 15 is 0 Å². The summed E-state index contributed by atoms with van der Waals surface area (Å²) in [6, 6.07) is 0. The van der Waals surface area contributed by atoms with Gasteiger partial charge in [-0.15, -0.1) is 0 Å². The molecular weight excluding hydrogens is 223 g/mol. The Kier molecular flexibility index (Phi) is 6.14. The van der Waals surface area contributed by atoms with Gasteiger partial charge in [0.05, 0.1) is 13.6 Å². The van der Waals surface area contributed by atoms with Crippen molar-refractivity contribution < 1.29 is 21.8 Å². The van der Waals surface area contributed by atoms with Crippen LogP contribution in [0, 0.1) is 0 Å². The molecule has 0 fully saturated rings. The van der Waals surface area contributed by atoms with E-state index < -0.39 is 7.25 Å². The van der Waals surface area contributed by atoms with Crippen LogP contribution in [0.15, 0.2) is 12.4 Å². The monoisotopic (exact) mass is 240 g/mol. The van der Waals surface area contributed by atoms with E-state index in [-0.39, 0.29) is 0 Å². The molecule has 0 amide bonds. The minimum absolute atomic E-state index is 1.11. The molecule has 0 spiro atoms. The highest BCUT2D eigenvalue weighted by Crippen LogP contribution is 2.06. The van der Waals surface area contributed by atoms with Crippen LogP contribution < -0.4 is 4.57 Å². The summed E-state index contributed by atoms with van der Waals surface area (Å²) < 4.78 is 43.5. The van der Waals surface area contributed by atoms with Crippen LogP contribution in [0.25, 0.3) is 0 Å². The first kappa shape index (κ1) is 15.0. The van der Waals surface area contributed by atoms with Gasteiger partial charge >= 0.3 is 7.25 Å². The zero-order valence-corrected chi connectivity index (χ0v) is 9.76. The second kappa shape index (κ2) is 6.55. The fourth-order valence-corrected chi connectivity index (χ4v) is 1.45. The second-order valence-corrected chi connectivity index (χ2v) is 3.37. The first-order valence-corrected chi connectivity index (χ1v) is 5.20. The largest absolute Gasteiger partial charge is 0.673 e. The maximum Gasteiger partial charge on any atom is 0.673 e. The van der Waals surface area contributed by atoms with Crippen molar-refractivity contribution in [3.05, 3.63) is 18.2 Å². The topological polar surface area (TPSA) is 8.81 Å². The Hall–Kier alpha value is -1.01. The molecule has 1 aromatic rings. The van der Waals surface area contributed by atoms with Crippen LogP contribution in [-0.2, 0) is 20.0 Å². The molecule has 2 nitrogen and oxygen atoms in total. The molecule has 0 N–H and O–H groups in total. The third-order valence-corrected chi connectivity index (χ3v) is 1.99. The number of aromatic nitrogens is 2. The van der Waals surface area contributed by atoms with Gasteiger partial charge in [-0.2, -0.15) is 0 Å². The molecule has 0 aliphatic carbocycles. The molecule has 0 bridgehead atoms. The van der Waals surface area contributed by atoms with Crippen molar-refractivity contribution in [2.75, 3.05) is 0 Å². The molecule has 0 aromatic carbocycles. The van der Waals surface area contributed by atoms with Crippen LogP contribution >= 0.6 is 0 Å². The van der Waals surface area contributed by atoms with E-state index in [0.29, 0.717) is 0 Å². The first-order chi connectivity index (χ1) is 7.29. The fraction of sp³-hybridized carbons (Fsp3) is 0.667. The van der Waals surface area contributed by atoms with Gasteiger partial charge in [0.1, 0.15) is 12.4 Å². The molecule has 1 aromatic heterocycles. The molecule has 1 rings (SSSR count). The quantitative estimate of drug-likeness (QED) is 0.436. The third kappa shape index (κ3) is 6.47. The maximum atomic E-state index is 9.75. The Balaban J connectivity index is 0.000000385. The third-order valence-electron chi connectivity index (χ3n) is 1.99. The summed E-state index contributed by atoms with van der Waals surface area (Å²) in [6.45, 7) is 5.55. The van der Waals surface area contributed by atoms with Crippen molar-refractivity contribution in [3.63, 3.8) is 0 Å². The lowest BCUT2D eigenvalue weighted by atomic mass is 10.3. The Morgan fingerprint density at radius 1 is 1.25 bits per heavy atom. The molecular formula is C9H17BF4N2. The summed E-state index contributed by atoms with van der Waals surface area (Å²) in [5.41, 5.74) is 0. The molecule has 0 atom stereocenters. The van der Waals surface area contributed by atoms with Gasteiger partial charge in [-0.05, 0) is 6.42 Å². The van der Waals surface area contributed by atoms with E-state index in [4.69, 9.17) is 0 Å². The predicted molar refractivity (Wildman–Crippen MR) is 55.5 cm³/mol. The Morgan fingerprint density at radius 3 is 2.12 bits per heavy atom. The van der Waals surface area contributed by atoms with Crippen LogP contribution in [-0.4, -0.2) is 11.8 Å². The molecule has 0 aliphatic rings. The predicted octanol–water partition coefficient (Wildman–Crippen LogP) is 2.59. The summed E-state index contributed by atoms with van der Waals surface area (Å²) in [7, 11) is -3.90. The highest BCUT2D eigenvalue weighted by atomic mass is 19.5. The number of hydrogen-bond acceptors (Lipinski definition) is 0. The van der Waals surface area contributed by atoms with Crippen LogP contribution in [0.5, 0.6) is 0 Å². The SMILES string of the molecule is CCCn1cc[n+](C)c1CC.F[B-](F)(F)F. The average Bonchev–Trinajstić information content (AvgIpc) is 2.45. The summed E-state index contributed by atoms with van der Waals surface area (Å²) in [5.74, 6) is 1.41. The zero-order chi connectivity index (χ0) is 12.8. The molecule has 0 radical (unpaired) electrons. The number of imidazole rings is 1. The van der Waals surface area contributed by atoms with Gasteiger partial charge in [0.25, 0.3) is 5.82 Å². The fourth-order valence-electron chi connectivity index (χ4n) is 1.45. The number of aryl methyl sites for hydroxylation is 2. The molecule has 16 heavy (non-hydrogen) atoms. The van der Waals surface area contributed by atoms with E-state index in [1.807, 2.05) is 0 Å². The molecule has 0 saturated carbocycles. The number of hydrogen-bond donors (Lipinski definition) is 0. The van der Waals surface area contributed by atoms with Crippen molar-refractivity contribution in [3.8, 4) is 0 Å². The Morgan fingerprint density at radius 2 is 1.75 bits per heavy atom. The lowest BCUT2D eigenvalue weighted by Gasteiger charge is -1.96. The van der Waals surface area contributed by atoms with Crippen molar-refractivity contribution >= 4 is 7.25 Å². The van der Waals surface area contributed by atoms with Gasteiger partial charge in [0.2, 0.25) is 0 Å². The molecule has 1 heterocycles. The standard InChI is InChI=1S/C9H17N2.BF4/c1-4-6-11-8-7-10(3)9(11)5-2;2-1(3,4)5/h7-8H,4-6H2,1-3H3;/q+1;-1. The minimum atomic E-state index is -6.00. The normalized spacial score (nSPS) is 10.9. The summed E-state index contributed by atoms with van der Waals surface area (Å²) in [4.78, 5) is 0. The van der Waals surface area contributed by atoms with Gasteiger partial charge in [-0.1, -0.05) is 13.8 Å². The molecule has 0 saturated heterocycles. The van der Waals surface area contributed by atoms with Gasteiger partial charge in [0.15, 0.2) is 0 Å². The van der Waals surface area contributed by atoms with Crippen LogP contribution in [0.1, 0.15) is 26.1 Å². The van der Waals surface area contributed by atoms with Gasteiger partial charge in [0, 0.05) is 6.42 Å². The number of halogens is 4. The smallest absolute Gasteiger partial charge is 0.418 e. The minimum Gasteiger partial charge on any atom is -0.418 e. The lowest BCUT2D eigenvalue weighted by Crippen LogP contribution is -2.31. The maximum absolute atomic E-state index is 9.75. The van der Waals surface area contributed by atoms with Crippen LogP contribution in [0.4, 0.5) is 17.3 Å². The van der Waals surface area contributed by atoms with Crippen molar-refractivity contribution in [1.29, 1.82) is 0 Å². The summed E-state index contributed by atoms with van der Waals surface area (Å²) in [5, 5.41) is 0. The molecule has 7 heteroatoms. The van der Waals surface area contributed by atoms with E-state index in [1.165, 1.54) is 12.2 Å². The van der Waals surface area contributed by atoms with Crippen LogP contribution in [0.2, 0.25) is 0 Å².